The summed E-state index contributed by atoms with van der Waals surface area (Å²) in [6.45, 7) is 1.47. The summed E-state index contributed by atoms with van der Waals surface area (Å²) in [5, 5.41) is 6.62. The number of hydrogen-bond donors (Lipinski definition) is 3. The Bertz CT molecular complexity index is 197. The van der Waals surface area contributed by atoms with Crippen LogP contribution in [0.5, 0.6) is 0 Å². The fourth-order valence-electron chi connectivity index (χ4n) is 0.475. The largest absolute Gasteiger partial charge is 0.368 e. The molecule has 0 amide bonds. The van der Waals surface area contributed by atoms with Gasteiger partial charge in [0.15, 0.2) is 0 Å². The van der Waals surface area contributed by atoms with Crippen molar-refractivity contribution in [2.45, 2.75) is 12.0 Å². The van der Waals surface area contributed by atoms with Crippen molar-refractivity contribution in [3.8, 4) is 0 Å². The topological polar surface area (TPSA) is 94.8 Å². The lowest BCUT2D eigenvalue weighted by Crippen LogP contribution is -2.14. The third-order valence-electron chi connectivity index (χ3n) is 1.06. The van der Waals surface area contributed by atoms with E-state index >= 15 is 0 Å². The van der Waals surface area contributed by atoms with Gasteiger partial charge in [-0.25, -0.2) is 0 Å². The second-order valence-corrected chi connectivity index (χ2v) is 5.12. The van der Waals surface area contributed by atoms with Crippen LogP contribution in [0, 0.1) is 0 Å². The van der Waals surface area contributed by atoms with Crippen LogP contribution in [0.3, 0.4) is 0 Å². The van der Waals surface area contributed by atoms with Gasteiger partial charge in [0.1, 0.15) is 0 Å². The van der Waals surface area contributed by atoms with E-state index in [1.54, 1.807) is 0 Å². The van der Waals surface area contributed by atoms with Crippen molar-refractivity contribution in [2.24, 2.45) is 0 Å². The van der Waals surface area contributed by atoms with E-state index in [4.69, 9.17) is 14.9 Å². The van der Waals surface area contributed by atoms with E-state index in [-0.39, 0.29) is 0 Å². The maximum Gasteiger partial charge on any atom is 0.233 e. The molecule has 0 bridgehead atoms. The van der Waals surface area contributed by atoms with Crippen molar-refractivity contribution in [1.82, 2.24) is 0 Å². The van der Waals surface area contributed by atoms with Crippen LogP contribution in [0.2, 0.25) is 0 Å². The summed E-state index contributed by atoms with van der Waals surface area (Å²) in [6.07, 6.45) is 2.10. The lowest BCUT2D eigenvalue weighted by Gasteiger charge is -2.16. The van der Waals surface area contributed by atoms with Crippen molar-refractivity contribution >= 4 is 16.1 Å². The van der Waals surface area contributed by atoms with E-state index < -0.39 is 21.1 Å². The minimum Gasteiger partial charge on any atom is -0.368 e. The van der Waals surface area contributed by atoms with Crippen molar-refractivity contribution < 1.29 is 24.0 Å². The van der Waals surface area contributed by atoms with Crippen LogP contribution in [0.25, 0.3) is 0 Å². The Labute approximate surface area is 65.1 Å². The summed E-state index contributed by atoms with van der Waals surface area (Å²) in [4.78, 5) is 17.0. The van der Waals surface area contributed by atoms with Crippen LogP contribution in [0.4, 0.5) is 0 Å². The summed E-state index contributed by atoms with van der Waals surface area (Å²) >= 11 is 0. The third-order valence-corrected chi connectivity index (χ3v) is 3.98. The molecule has 0 heterocycles. The molecule has 3 N–H and O–H groups in total. The molecule has 0 aromatic heterocycles. The maximum absolute atomic E-state index is 10.4. The SMILES string of the molecule is CC=CC(O)([PH](=O)O)[PH](=O)O. The average Bonchev–Trinajstić information content (AvgIpc) is 1.87. The fraction of sp³-hybridized carbons (Fsp3) is 0.500. The highest BCUT2D eigenvalue weighted by Gasteiger charge is 2.35. The van der Waals surface area contributed by atoms with Gasteiger partial charge >= 0.3 is 0 Å². The zero-order chi connectivity index (χ0) is 9.07. The average molecular weight is 200 g/mol. The molecule has 0 aliphatic heterocycles. The van der Waals surface area contributed by atoms with Crippen molar-refractivity contribution in [3.63, 3.8) is 0 Å². The summed E-state index contributed by atoms with van der Waals surface area (Å²) < 4.78 is 20.8. The molecular weight excluding hydrogens is 190 g/mol. The maximum atomic E-state index is 10.4. The van der Waals surface area contributed by atoms with Gasteiger partial charge in [-0.1, -0.05) is 6.08 Å². The van der Waals surface area contributed by atoms with Gasteiger partial charge in [-0.15, -0.1) is 0 Å². The number of aliphatic hydroxyl groups is 1. The summed E-state index contributed by atoms with van der Waals surface area (Å²) in [5.41, 5.74) is 0. The fourth-order valence-corrected chi connectivity index (χ4v) is 1.83. The van der Waals surface area contributed by atoms with Gasteiger partial charge in [0, 0.05) is 0 Å². The molecule has 2 atom stereocenters. The van der Waals surface area contributed by atoms with Crippen LogP contribution >= 0.6 is 16.1 Å². The van der Waals surface area contributed by atoms with Gasteiger partial charge in [-0.2, -0.15) is 0 Å². The number of allylic oxidation sites excluding steroid dienone is 1. The third kappa shape index (κ3) is 2.55. The van der Waals surface area contributed by atoms with E-state index in [1.807, 2.05) is 0 Å². The number of hydrogen-bond acceptors (Lipinski definition) is 3. The molecule has 0 saturated carbocycles. The molecule has 0 spiro atoms. The first-order valence-electron chi connectivity index (χ1n) is 2.78. The quantitative estimate of drug-likeness (QED) is 0.445. The van der Waals surface area contributed by atoms with Crippen LogP contribution < -0.4 is 0 Å². The molecule has 66 valence electrons. The monoisotopic (exact) mass is 200 g/mol. The first-order chi connectivity index (χ1) is 4.95. The van der Waals surface area contributed by atoms with E-state index in [0.29, 0.717) is 0 Å². The first-order valence-corrected chi connectivity index (χ1v) is 5.49. The van der Waals surface area contributed by atoms with Crippen molar-refractivity contribution in [3.05, 3.63) is 12.2 Å². The predicted octanol–water partition coefficient (Wildman–Crippen LogP) is 0.143. The molecule has 11 heavy (non-hydrogen) atoms. The standard InChI is InChI=1S/C4H10O5P2/c1-2-3-4(5,10(6)7)11(8)9/h2-3,5,10-11H,1H3,(H,6,7)(H,8,9). The van der Waals surface area contributed by atoms with Crippen LogP contribution in [0.1, 0.15) is 6.92 Å². The van der Waals surface area contributed by atoms with Crippen molar-refractivity contribution in [1.29, 1.82) is 0 Å². The van der Waals surface area contributed by atoms with E-state index in [9.17, 15) is 9.13 Å². The Hall–Kier alpha value is 0.0800. The minimum absolute atomic E-state index is 0.857. The highest BCUT2D eigenvalue weighted by atomic mass is 31.2. The van der Waals surface area contributed by atoms with Crippen molar-refractivity contribution in [2.75, 3.05) is 0 Å². The molecule has 0 fully saturated rings. The highest BCUT2D eigenvalue weighted by molar-refractivity contribution is 7.59. The number of rotatable bonds is 3. The molecule has 0 radical (unpaired) electrons. The van der Waals surface area contributed by atoms with E-state index in [1.165, 1.54) is 13.0 Å². The Balaban J connectivity index is 4.82. The lowest BCUT2D eigenvalue weighted by atomic mass is 10.5. The molecule has 5 nitrogen and oxygen atoms in total. The molecule has 7 heteroatoms. The molecule has 0 aromatic rings. The zero-order valence-electron chi connectivity index (χ0n) is 5.81. The Morgan fingerprint density at radius 1 is 1.27 bits per heavy atom. The van der Waals surface area contributed by atoms with Gasteiger partial charge in [0.2, 0.25) is 21.1 Å². The molecule has 0 aliphatic carbocycles. The normalized spacial score (nSPS) is 22.9. The van der Waals surface area contributed by atoms with Gasteiger partial charge in [-0.05, 0) is 13.0 Å². The Kier molecular flexibility index (Phi) is 4.22. The second kappa shape index (κ2) is 4.19. The van der Waals surface area contributed by atoms with Gasteiger partial charge < -0.3 is 14.9 Å². The Morgan fingerprint density at radius 2 is 1.64 bits per heavy atom. The smallest absolute Gasteiger partial charge is 0.233 e. The summed E-state index contributed by atoms with van der Waals surface area (Å²) in [5.74, 6) is 0. The van der Waals surface area contributed by atoms with Crippen LogP contribution in [-0.4, -0.2) is 20.0 Å². The lowest BCUT2D eigenvalue weighted by molar-refractivity contribution is 0.227. The van der Waals surface area contributed by atoms with Gasteiger partial charge in [0.05, 0.1) is 0 Å². The first kappa shape index (κ1) is 11.1. The molecule has 0 aliphatic rings. The van der Waals surface area contributed by atoms with E-state index in [0.717, 1.165) is 6.08 Å². The summed E-state index contributed by atoms with van der Waals surface area (Å²) in [6, 6.07) is 0. The highest BCUT2D eigenvalue weighted by Crippen LogP contribution is 2.50. The second-order valence-electron chi connectivity index (χ2n) is 1.88. The van der Waals surface area contributed by atoms with Crippen LogP contribution in [0.15, 0.2) is 12.2 Å². The van der Waals surface area contributed by atoms with E-state index in [2.05, 4.69) is 0 Å². The predicted molar refractivity (Wildman–Crippen MR) is 42.2 cm³/mol. The zero-order valence-corrected chi connectivity index (χ0v) is 7.81. The Morgan fingerprint density at radius 3 is 1.73 bits per heavy atom. The molecule has 0 saturated heterocycles. The van der Waals surface area contributed by atoms with Crippen LogP contribution in [-0.2, 0) is 9.13 Å². The molecule has 0 rings (SSSR count). The molecule has 2 unspecified atom stereocenters. The van der Waals surface area contributed by atoms with Gasteiger partial charge in [-0.3, -0.25) is 9.13 Å². The minimum atomic E-state index is -3.43. The molecular formula is C4H10O5P2. The summed E-state index contributed by atoms with van der Waals surface area (Å²) in [7, 11) is -6.86. The van der Waals surface area contributed by atoms with Gasteiger partial charge in [0.25, 0.3) is 0 Å². The molecule has 0 aromatic carbocycles.